The normalized spacial score (nSPS) is 40.4. The average Bonchev–Trinajstić information content (AvgIpc) is 2.61. The molecule has 4 atom stereocenters. The van der Waals surface area contributed by atoms with E-state index in [1.807, 2.05) is 0 Å². The first-order chi connectivity index (χ1) is 12.3. The van der Waals surface area contributed by atoms with E-state index in [1.54, 1.807) is 0 Å². The summed E-state index contributed by atoms with van der Waals surface area (Å²) in [6, 6.07) is 0. The largest absolute Gasteiger partial charge is 0.412 e. The van der Waals surface area contributed by atoms with Gasteiger partial charge in [-0.25, -0.2) is 4.39 Å². The Labute approximate surface area is 153 Å². The van der Waals surface area contributed by atoms with Crippen molar-refractivity contribution < 1.29 is 27.0 Å². The molecule has 150 valence electrons. The third-order valence-electron chi connectivity index (χ3n) is 6.40. The van der Waals surface area contributed by atoms with Gasteiger partial charge in [0.2, 0.25) is 0 Å². The predicted molar refractivity (Wildman–Crippen MR) is 91.3 cm³/mol. The molecule has 0 aromatic heterocycles. The molecule has 0 aromatic carbocycles. The molecular weight excluding hydrogens is 348 g/mol. The fourth-order valence-electron chi connectivity index (χ4n) is 4.77. The Morgan fingerprint density at radius 2 is 1.38 bits per heavy atom. The van der Waals surface area contributed by atoms with Crippen molar-refractivity contribution in [3.05, 3.63) is 11.9 Å². The minimum atomic E-state index is -4.57. The number of alkyl halides is 3. The molecule has 4 unspecified atom stereocenters. The molecule has 26 heavy (non-hydrogen) atoms. The van der Waals surface area contributed by atoms with Gasteiger partial charge < -0.3 is 9.47 Å². The van der Waals surface area contributed by atoms with Crippen LogP contribution in [0.4, 0.5) is 17.6 Å². The predicted octanol–water partition coefficient (Wildman–Crippen LogP) is 5.82. The van der Waals surface area contributed by atoms with E-state index in [4.69, 9.17) is 9.47 Å². The smallest absolute Gasteiger partial charge is 0.378 e. The first-order valence-corrected chi connectivity index (χ1v) is 10.00. The fourth-order valence-corrected chi connectivity index (χ4v) is 4.77. The van der Waals surface area contributed by atoms with Crippen LogP contribution in [0.25, 0.3) is 0 Å². The lowest BCUT2D eigenvalue weighted by Crippen LogP contribution is -2.40. The van der Waals surface area contributed by atoms with Crippen molar-refractivity contribution in [3.8, 4) is 0 Å². The van der Waals surface area contributed by atoms with Crippen LogP contribution >= 0.6 is 0 Å². The third-order valence-corrected chi connectivity index (χ3v) is 6.40. The number of ether oxygens (including phenoxy) is 2. The van der Waals surface area contributed by atoms with E-state index >= 15 is 0 Å². The number of allylic oxidation sites excluding steroid dienone is 2. The first-order valence-electron chi connectivity index (χ1n) is 10.00. The maximum absolute atomic E-state index is 13.7. The molecule has 0 spiro atoms. The lowest BCUT2D eigenvalue weighted by Gasteiger charge is -2.40. The lowest BCUT2D eigenvalue weighted by atomic mass is 9.76. The standard InChI is InChI=1S/C20H30F4O2/c1-13-2-8-19(25-11-13)16-7-9-18(26-12-16)15-5-3-14(4-6-15)17(21)10-20(22,23)24/h10,13-16,18-19H,2-9,11-12H2,1H3/b17-10-. The van der Waals surface area contributed by atoms with Crippen LogP contribution in [0, 0.1) is 23.7 Å². The summed E-state index contributed by atoms with van der Waals surface area (Å²) >= 11 is 0. The summed E-state index contributed by atoms with van der Waals surface area (Å²) in [4.78, 5) is 0. The van der Waals surface area contributed by atoms with Gasteiger partial charge in [-0.15, -0.1) is 0 Å². The van der Waals surface area contributed by atoms with Gasteiger partial charge in [0.05, 0.1) is 24.9 Å². The summed E-state index contributed by atoms with van der Waals surface area (Å²) in [5.74, 6) is -0.142. The Morgan fingerprint density at radius 1 is 0.808 bits per heavy atom. The Morgan fingerprint density at radius 3 is 1.92 bits per heavy atom. The van der Waals surface area contributed by atoms with E-state index in [0.29, 0.717) is 43.3 Å². The molecule has 6 heteroatoms. The van der Waals surface area contributed by atoms with Crippen molar-refractivity contribution in [2.75, 3.05) is 13.2 Å². The average molecular weight is 378 g/mol. The number of hydrogen-bond donors (Lipinski definition) is 0. The molecule has 0 bridgehead atoms. The maximum Gasteiger partial charge on any atom is 0.412 e. The fraction of sp³-hybridized carbons (Fsp3) is 0.900. The summed E-state index contributed by atoms with van der Waals surface area (Å²) in [5, 5.41) is 0. The van der Waals surface area contributed by atoms with Gasteiger partial charge in [0, 0.05) is 18.4 Å². The van der Waals surface area contributed by atoms with Gasteiger partial charge in [0.1, 0.15) is 5.83 Å². The summed E-state index contributed by atoms with van der Waals surface area (Å²) in [7, 11) is 0. The third kappa shape index (κ3) is 5.44. The molecule has 3 aliphatic rings. The highest BCUT2D eigenvalue weighted by Gasteiger charge is 2.36. The van der Waals surface area contributed by atoms with Crippen molar-refractivity contribution in [3.63, 3.8) is 0 Å². The number of halogens is 4. The molecule has 1 aliphatic carbocycles. The molecule has 2 nitrogen and oxygen atoms in total. The van der Waals surface area contributed by atoms with Crippen LogP contribution in [0.2, 0.25) is 0 Å². The number of rotatable bonds is 3. The van der Waals surface area contributed by atoms with E-state index < -0.39 is 17.9 Å². The van der Waals surface area contributed by atoms with Crippen molar-refractivity contribution >= 4 is 0 Å². The van der Waals surface area contributed by atoms with Gasteiger partial charge in [-0.05, 0) is 63.2 Å². The molecule has 3 rings (SSSR count). The van der Waals surface area contributed by atoms with Gasteiger partial charge in [-0.2, -0.15) is 13.2 Å². The summed E-state index contributed by atoms with van der Waals surface area (Å²) in [5.41, 5.74) is 0. The molecule has 2 heterocycles. The van der Waals surface area contributed by atoms with Crippen LogP contribution in [0.1, 0.15) is 58.3 Å². The van der Waals surface area contributed by atoms with Crippen molar-refractivity contribution in [2.24, 2.45) is 23.7 Å². The number of hydrogen-bond acceptors (Lipinski definition) is 2. The lowest BCUT2D eigenvalue weighted by molar-refractivity contribution is -0.116. The van der Waals surface area contributed by atoms with Gasteiger partial charge in [-0.1, -0.05) is 6.92 Å². The molecule has 3 fully saturated rings. The van der Waals surface area contributed by atoms with E-state index in [-0.39, 0.29) is 12.2 Å². The van der Waals surface area contributed by atoms with Gasteiger partial charge in [0.15, 0.2) is 0 Å². The topological polar surface area (TPSA) is 18.5 Å². The van der Waals surface area contributed by atoms with Crippen molar-refractivity contribution in [1.82, 2.24) is 0 Å². The molecular formula is C20H30F4O2. The monoisotopic (exact) mass is 378 g/mol. The van der Waals surface area contributed by atoms with Gasteiger partial charge in [0.25, 0.3) is 0 Å². The molecule has 1 saturated carbocycles. The molecule has 0 amide bonds. The Balaban J connectivity index is 1.42. The van der Waals surface area contributed by atoms with Crippen molar-refractivity contribution in [2.45, 2.75) is 76.7 Å². The van der Waals surface area contributed by atoms with Crippen LogP contribution in [0.3, 0.4) is 0 Å². The Kier molecular flexibility index (Phi) is 6.65. The molecule has 0 aromatic rings. The van der Waals surface area contributed by atoms with Crippen molar-refractivity contribution in [1.29, 1.82) is 0 Å². The van der Waals surface area contributed by atoms with Crippen LogP contribution in [0.15, 0.2) is 11.9 Å². The Bertz CT molecular complexity index is 467. The van der Waals surface area contributed by atoms with Crippen LogP contribution in [0.5, 0.6) is 0 Å². The van der Waals surface area contributed by atoms with Crippen LogP contribution < -0.4 is 0 Å². The highest BCUT2D eigenvalue weighted by atomic mass is 19.4. The molecule has 0 radical (unpaired) electrons. The molecule has 2 aliphatic heterocycles. The Hall–Kier alpha value is -0.620. The zero-order chi connectivity index (χ0) is 18.7. The minimum absolute atomic E-state index is 0.171. The van der Waals surface area contributed by atoms with Crippen LogP contribution in [-0.4, -0.2) is 31.6 Å². The molecule has 0 N–H and O–H groups in total. The SMILES string of the molecule is CC1CCC(C2CCC(C3CCC(/C(F)=C/C(F)(F)F)CC3)OC2)OC1. The van der Waals surface area contributed by atoms with Crippen LogP contribution in [-0.2, 0) is 9.47 Å². The second-order valence-corrected chi connectivity index (χ2v) is 8.45. The minimum Gasteiger partial charge on any atom is -0.378 e. The zero-order valence-electron chi connectivity index (χ0n) is 15.4. The summed E-state index contributed by atoms with van der Waals surface area (Å²) < 4.78 is 62.7. The summed E-state index contributed by atoms with van der Waals surface area (Å²) in [6.07, 6.45) is 2.59. The highest BCUT2D eigenvalue weighted by Crippen LogP contribution is 2.40. The van der Waals surface area contributed by atoms with E-state index in [9.17, 15) is 17.6 Å². The molecule has 2 saturated heterocycles. The van der Waals surface area contributed by atoms with Gasteiger partial charge >= 0.3 is 6.18 Å². The van der Waals surface area contributed by atoms with Gasteiger partial charge in [-0.3, -0.25) is 0 Å². The second-order valence-electron chi connectivity index (χ2n) is 8.45. The van der Waals surface area contributed by atoms with E-state index in [1.165, 1.54) is 6.42 Å². The second kappa shape index (κ2) is 8.59. The van der Waals surface area contributed by atoms with E-state index in [2.05, 4.69) is 6.92 Å². The highest BCUT2D eigenvalue weighted by molar-refractivity contribution is 5.03. The quantitative estimate of drug-likeness (QED) is 0.576. The zero-order valence-corrected chi connectivity index (χ0v) is 15.4. The first kappa shape index (κ1) is 20.1. The maximum atomic E-state index is 13.7. The van der Waals surface area contributed by atoms with E-state index in [0.717, 1.165) is 38.7 Å². The summed E-state index contributed by atoms with van der Waals surface area (Å²) in [6.45, 7) is 3.77.